The summed E-state index contributed by atoms with van der Waals surface area (Å²) in [6.07, 6.45) is 3.03. The van der Waals surface area contributed by atoms with Gasteiger partial charge >= 0.3 is 0 Å². The van der Waals surface area contributed by atoms with Crippen molar-refractivity contribution in [2.24, 2.45) is 5.73 Å². The van der Waals surface area contributed by atoms with E-state index >= 15 is 0 Å². The first-order chi connectivity index (χ1) is 15.7. The van der Waals surface area contributed by atoms with Crippen LogP contribution in [0.25, 0.3) is 11.1 Å². The molecule has 5 rings (SSSR count). The van der Waals surface area contributed by atoms with E-state index in [1.165, 1.54) is 16.6 Å². The van der Waals surface area contributed by atoms with E-state index in [0.29, 0.717) is 61.4 Å². The van der Waals surface area contributed by atoms with Crippen LogP contribution >= 0.6 is 0 Å². The smallest absolute Gasteiger partial charge is 0.244 e. The van der Waals surface area contributed by atoms with Gasteiger partial charge in [0.25, 0.3) is 0 Å². The second-order valence-corrected chi connectivity index (χ2v) is 12.2. The maximum Gasteiger partial charge on any atom is 0.244 e. The Morgan fingerprint density at radius 1 is 1.06 bits per heavy atom. The van der Waals surface area contributed by atoms with Crippen LogP contribution in [0.5, 0.6) is 0 Å². The largest absolute Gasteiger partial charge is 0.383 e. The lowest BCUT2D eigenvalue weighted by atomic mass is 10.1. The molecule has 2 aromatic rings. The number of rotatable bonds is 6. The van der Waals surface area contributed by atoms with Crippen LogP contribution in [0.2, 0.25) is 0 Å². The zero-order valence-corrected chi connectivity index (χ0v) is 19.4. The number of benzene rings is 1. The highest BCUT2D eigenvalue weighted by atomic mass is 32.2. The summed E-state index contributed by atoms with van der Waals surface area (Å²) in [6.45, 7) is 0.997. The van der Waals surface area contributed by atoms with Gasteiger partial charge in [-0.3, -0.25) is 5.73 Å². The summed E-state index contributed by atoms with van der Waals surface area (Å²) < 4.78 is 60.7. The molecule has 0 radical (unpaired) electrons. The molecule has 178 valence electrons. The molecule has 13 heteroatoms. The third kappa shape index (κ3) is 4.15. The second kappa shape index (κ2) is 8.09. The van der Waals surface area contributed by atoms with E-state index in [2.05, 4.69) is 15.0 Å². The summed E-state index contributed by atoms with van der Waals surface area (Å²) >= 11 is 0. The number of nitrogens with zero attached hydrogens (tertiary/aromatic N) is 2. The predicted molar refractivity (Wildman–Crippen MR) is 124 cm³/mol. The molecule has 1 saturated carbocycles. The Bertz CT molecular complexity index is 1290. The Hall–Kier alpha value is -2.45. The van der Waals surface area contributed by atoms with Gasteiger partial charge in [0, 0.05) is 31.0 Å². The number of fused-ring (bicyclic) bond motifs is 1. The van der Waals surface area contributed by atoms with Gasteiger partial charge < -0.3 is 15.8 Å². The lowest BCUT2D eigenvalue weighted by molar-refractivity contribution is 0.0832. The van der Waals surface area contributed by atoms with Crippen molar-refractivity contribution in [2.75, 3.05) is 28.6 Å². The van der Waals surface area contributed by atoms with Gasteiger partial charge in [0.05, 0.1) is 16.6 Å². The van der Waals surface area contributed by atoms with Crippen LogP contribution in [-0.2, 0) is 24.8 Å². The average Bonchev–Trinajstić information content (AvgIpc) is 3.57. The van der Waals surface area contributed by atoms with Crippen LogP contribution in [0.15, 0.2) is 35.4 Å². The molecule has 0 bridgehead atoms. The standard InChI is InChI=1S/C20H26N6O5S2/c21-19-18(32(27,28)25-14-5-7-31-8-6-14)10-13(11-23-19)12-1-4-17-16(9-12)24-20(22)26(17)33(29,30)15-2-3-15/h1,4,9-11,14-15,20,24-25H,2-3,5-8,22H2,(H2,21,23). The van der Waals surface area contributed by atoms with Crippen LogP contribution in [0.3, 0.4) is 0 Å². The number of hydrogen-bond acceptors (Lipinski definition) is 9. The van der Waals surface area contributed by atoms with Crippen LogP contribution in [0.1, 0.15) is 25.7 Å². The third-order valence-corrected chi connectivity index (χ3v) is 9.89. The Balaban J connectivity index is 1.46. The molecule has 0 spiro atoms. The zero-order chi connectivity index (χ0) is 23.4. The molecule has 0 amide bonds. The van der Waals surface area contributed by atoms with E-state index in [1.807, 2.05) is 0 Å². The SMILES string of the molecule is Nc1ncc(-c2ccc3c(c2)NC(N)N3S(=O)(=O)C2CC2)cc1S(=O)(=O)NC1CCOCC1. The maximum atomic E-state index is 13.0. The van der Waals surface area contributed by atoms with Gasteiger partial charge in [-0.15, -0.1) is 0 Å². The average molecular weight is 495 g/mol. The highest BCUT2D eigenvalue weighted by Crippen LogP contribution is 2.42. The number of nitrogens with two attached hydrogens (primary N) is 2. The van der Waals surface area contributed by atoms with Gasteiger partial charge in [0.2, 0.25) is 20.0 Å². The van der Waals surface area contributed by atoms with Gasteiger partial charge in [-0.2, -0.15) is 0 Å². The van der Waals surface area contributed by atoms with Crippen molar-refractivity contribution < 1.29 is 21.6 Å². The normalized spacial score (nSPS) is 21.6. The van der Waals surface area contributed by atoms with E-state index in [0.717, 1.165) is 0 Å². The fraction of sp³-hybridized carbons (Fsp3) is 0.450. The fourth-order valence-corrected chi connectivity index (χ4v) is 7.41. The van der Waals surface area contributed by atoms with Crippen molar-refractivity contribution in [3.05, 3.63) is 30.5 Å². The Morgan fingerprint density at radius 2 is 1.79 bits per heavy atom. The summed E-state index contributed by atoms with van der Waals surface area (Å²) in [4.78, 5) is 3.99. The summed E-state index contributed by atoms with van der Waals surface area (Å²) in [5.41, 5.74) is 14.2. The molecule has 1 unspecified atom stereocenters. The molecule has 11 nitrogen and oxygen atoms in total. The highest BCUT2D eigenvalue weighted by molar-refractivity contribution is 7.93. The lowest BCUT2D eigenvalue weighted by Crippen LogP contribution is -2.47. The van der Waals surface area contributed by atoms with Gasteiger partial charge in [-0.05, 0) is 49.4 Å². The number of aromatic nitrogens is 1. The molecule has 6 N–H and O–H groups in total. The maximum absolute atomic E-state index is 13.0. The van der Waals surface area contributed by atoms with Crippen molar-refractivity contribution in [3.8, 4) is 11.1 Å². The summed E-state index contributed by atoms with van der Waals surface area (Å²) in [5.74, 6) is -0.0960. The number of nitrogen functional groups attached to an aromatic ring is 1. The number of sulfonamides is 2. The Kier molecular flexibility index (Phi) is 5.48. The number of ether oxygens (including phenoxy) is 1. The minimum atomic E-state index is -3.89. The Labute approximate surface area is 192 Å². The minimum absolute atomic E-state index is 0.0960. The van der Waals surface area contributed by atoms with Crippen molar-refractivity contribution in [3.63, 3.8) is 0 Å². The number of nitrogens with one attached hydrogen (secondary N) is 2. The lowest BCUT2D eigenvalue weighted by Gasteiger charge is -2.23. The first kappa shape index (κ1) is 22.3. The van der Waals surface area contributed by atoms with Crippen molar-refractivity contribution in [1.29, 1.82) is 0 Å². The predicted octanol–water partition coefficient (Wildman–Crippen LogP) is 0.755. The van der Waals surface area contributed by atoms with Gasteiger partial charge in [0.15, 0.2) is 6.29 Å². The van der Waals surface area contributed by atoms with E-state index in [9.17, 15) is 16.8 Å². The molecule has 1 aliphatic carbocycles. The second-order valence-electron chi connectivity index (χ2n) is 8.48. The first-order valence-electron chi connectivity index (χ1n) is 10.7. The van der Waals surface area contributed by atoms with Crippen molar-refractivity contribution in [2.45, 2.75) is 48.2 Å². The summed E-state index contributed by atoms with van der Waals surface area (Å²) in [5, 5.41) is 2.60. The van der Waals surface area contributed by atoms with Crippen LogP contribution in [-0.4, -0.2) is 52.6 Å². The topological polar surface area (TPSA) is 170 Å². The molecule has 33 heavy (non-hydrogen) atoms. The van der Waals surface area contributed by atoms with Gasteiger partial charge in [-0.1, -0.05) is 6.07 Å². The number of anilines is 3. The van der Waals surface area contributed by atoms with Gasteiger partial charge in [0.1, 0.15) is 10.7 Å². The molecule has 3 aliphatic rings. The molecule has 3 heterocycles. The summed E-state index contributed by atoms with van der Waals surface area (Å²) in [6, 6.07) is 6.35. The van der Waals surface area contributed by atoms with Crippen LogP contribution in [0.4, 0.5) is 17.2 Å². The quantitative estimate of drug-likeness (QED) is 0.452. The first-order valence-corrected chi connectivity index (χ1v) is 13.7. The monoisotopic (exact) mass is 494 g/mol. The molecule has 1 aromatic heterocycles. The molecular weight excluding hydrogens is 468 g/mol. The zero-order valence-electron chi connectivity index (χ0n) is 17.8. The molecule has 2 fully saturated rings. The number of hydrogen-bond donors (Lipinski definition) is 4. The minimum Gasteiger partial charge on any atom is -0.383 e. The van der Waals surface area contributed by atoms with E-state index in [4.69, 9.17) is 16.2 Å². The van der Waals surface area contributed by atoms with Crippen LogP contribution < -0.4 is 25.8 Å². The van der Waals surface area contributed by atoms with Crippen LogP contribution in [0, 0.1) is 0 Å². The fourth-order valence-electron chi connectivity index (χ4n) is 4.14. The third-order valence-electron chi connectivity index (χ3n) is 6.06. The number of pyridine rings is 1. The molecule has 1 saturated heterocycles. The molecular formula is C20H26N6O5S2. The van der Waals surface area contributed by atoms with Gasteiger partial charge in [-0.25, -0.2) is 30.8 Å². The van der Waals surface area contributed by atoms with Crippen molar-refractivity contribution in [1.82, 2.24) is 9.71 Å². The van der Waals surface area contributed by atoms with E-state index in [-0.39, 0.29) is 16.8 Å². The van der Waals surface area contributed by atoms with E-state index in [1.54, 1.807) is 18.2 Å². The molecule has 1 atom stereocenters. The Morgan fingerprint density at radius 3 is 2.48 bits per heavy atom. The summed E-state index contributed by atoms with van der Waals surface area (Å²) in [7, 11) is -7.42. The molecule has 2 aliphatic heterocycles. The van der Waals surface area contributed by atoms with Crippen molar-refractivity contribution >= 4 is 37.2 Å². The van der Waals surface area contributed by atoms with E-state index < -0.39 is 31.6 Å². The molecule has 1 aromatic carbocycles. The highest BCUT2D eigenvalue weighted by Gasteiger charge is 2.45.